The minimum Gasteiger partial charge on any atom is -0.326 e. The molecule has 3 rings (SSSR count). The zero-order chi connectivity index (χ0) is 14.8. The number of aryl methyl sites for hydroxylation is 2. The Kier molecular flexibility index (Phi) is 3.76. The minimum absolute atomic E-state index is 0.0829. The lowest BCUT2D eigenvalue weighted by molar-refractivity contribution is -0.116. The second-order valence-electron chi connectivity index (χ2n) is 5.73. The van der Waals surface area contributed by atoms with Crippen LogP contribution in [0.1, 0.15) is 34.7 Å². The molecule has 108 valence electrons. The summed E-state index contributed by atoms with van der Waals surface area (Å²) in [4.78, 5) is 11.7. The Morgan fingerprint density at radius 2 is 1.95 bits per heavy atom. The summed E-state index contributed by atoms with van der Waals surface area (Å²) < 4.78 is 0. The monoisotopic (exact) mass is 280 g/mol. The molecular formula is C18H20N2O. The van der Waals surface area contributed by atoms with E-state index in [2.05, 4.69) is 36.5 Å². The molecule has 3 N–H and O–H groups in total. The molecule has 1 amide bonds. The highest BCUT2D eigenvalue weighted by Gasteiger charge is 2.21. The topological polar surface area (TPSA) is 55.1 Å². The molecule has 1 unspecified atom stereocenters. The van der Waals surface area contributed by atoms with Gasteiger partial charge in [0.2, 0.25) is 5.91 Å². The first-order valence-electron chi connectivity index (χ1n) is 7.36. The summed E-state index contributed by atoms with van der Waals surface area (Å²) in [6, 6.07) is 14.3. The Bertz CT molecular complexity index is 664. The molecule has 2 aromatic carbocycles. The van der Waals surface area contributed by atoms with E-state index in [4.69, 9.17) is 5.73 Å². The SMILES string of the molecule is Cc1cc2c(c(C(N)Cc3ccccc3)c1)NC(=O)CC2. The Hall–Kier alpha value is -2.13. The number of carbonyl (C=O) groups is 1. The maximum atomic E-state index is 11.7. The van der Waals surface area contributed by atoms with Gasteiger partial charge in [0.05, 0.1) is 0 Å². The number of hydrogen-bond donors (Lipinski definition) is 2. The predicted octanol–water partition coefficient (Wildman–Crippen LogP) is 3.12. The van der Waals surface area contributed by atoms with Gasteiger partial charge >= 0.3 is 0 Å². The molecule has 2 aromatic rings. The fourth-order valence-corrected chi connectivity index (χ4v) is 2.96. The summed E-state index contributed by atoms with van der Waals surface area (Å²) in [7, 11) is 0. The standard InChI is InChI=1S/C18H20N2O/c1-12-9-14-7-8-17(21)20-18(14)15(10-12)16(19)11-13-5-3-2-4-6-13/h2-6,9-10,16H,7-8,11,19H2,1H3,(H,20,21). The summed E-state index contributed by atoms with van der Waals surface area (Å²) in [5.74, 6) is 0.0829. The number of fused-ring (bicyclic) bond motifs is 1. The summed E-state index contributed by atoms with van der Waals surface area (Å²) in [5.41, 5.74) is 12.0. The third-order valence-electron chi connectivity index (χ3n) is 3.98. The average Bonchev–Trinajstić information content (AvgIpc) is 2.48. The fraction of sp³-hybridized carbons (Fsp3) is 0.278. The fourth-order valence-electron chi connectivity index (χ4n) is 2.96. The van der Waals surface area contributed by atoms with Crippen molar-refractivity contribution in [2.24, 2.45) is 5.73 Å². The van der Waals surface area contributed by atoms with Crippen molar-refractivity contribution in [1.82, 2.24) is 0 Å². The van der Waals surface area contributed by atoms with Crippen LogP contribution in [-0.4, -0.2) is 5.91 Å². The summed E-state index contributed by atoms with van der Waals surface area (Å²) in [5, 5.41) is 3.00. The molecular weight excluding hydrogens is 260 g/mol. The van der Waals surface area contributed by atoms with E-state index in [0.29, 0.717) is 6.42 Å². The van der Waals surface area contributed by atoms with Gasteiger partial charge in [0.15, 0.2) is 0 Å². The van der Waals surface area contributed by atoms with Gasteiger partial charge in [-0.25, -0.2) is 0 Å². The van der Waals surface area contributed by atoms with E-state index >= 15 is 0 Å². The van der Waals surface area contributed by atoms with Crippen LogP contribution in [0.5, 0.6) is 0 Å². The van der Waals surface area contributed by atoms with Crippen LogP contribution in [0.3, 0.4) is 0 Å². The number of anilines is 1. The predicted molar refractivity (Wildman–Crippen MR) is 85.2 cm³/mol. The smallest absolute Gasteiger partial charge is 0.224 e. The van der Waals surface area contributed by atoms with Gasteiger partial charge in [-0.3, -0.25) is 4.79 Å². The van der Waals surface area contributed by atoms with Gasteiger partial charge in [0.1, 0.15) is 0 Å². The third kappa shape index (κ3) is 2.98. The maximum absolute atomic E-state index is 11.7. The van der Waals surface area contributed by atoms with E-state index < -0.39 is 0 Å². The minimum atomic E-state index is -0.112. The zero-order valence-electron chi connectivity index (χ0n) is 12.2. The van der Waals surface area contributed by atoms with Gasteiger partial charge in [0.25, 0.3) is 0 Å². The number of benzene rings is 2. The molecule has 0 spiro atoms. The maximum Gasteiger partial charge on any atom is 0.224 e. The van der Waals surface area contributed by atoms with Crippen LogP contribution in [0, 0.1) is 6.92 Å². The van der Waals surface area contributed by atoms with Gasteiger partial charge in [-0.15, -0.1) is 0 Å². The highest BCUT2D eigenvalue weighted by Crippen LogP contribution is 2.32. The highest BCUT2D eigenvalue weighted by atomic mass is 16.1. The molecule has 1 aliphatic rings. The molecule has 0 aliphatic carbocycles. The molecule has 0 aromatic heterocycles. The van der Waals surface area contributed by atoms with Crippen molar-refractivity contribution in [1.29, 1.82) is 0 Å². The summed E-state index contributed by atoms with van der Waals surface area (Å²) in [6.45, 7) is 2.08. The normalized spacial score (nSPS) is 15.2. The molecule has 21 heavy (non-hydrogen) atoms. The average molecular weight is 280 g/mol. The lowest BCUT2D eigenvalue weighted by Crippen LogP contribution is -2.24. The Morgan fingerprint density at radius 1 is 1.19 bits per heavy atom. The molecule has 0 radical (unpaired) electrons. The molecule has 0 fully saturated rings. The van der Waals surface area contributed by atoms with Crippen LogP contribution in [-0.2, 0) is 17.6 Å². The Balaban J connectivity index is 1.94. The van der Waals surface area contributed by atoms with Crippen molar-refractivity contribution in [3.8, 4) is 0 Å². The van der Waals surface area contributed by atoms with E-state index in [1.54, 1.807) is 0 Å². The van der Waals surface area contributed by atoms with Crippen molar-refractivity contribution in [3.05, 3.63) is 64.7 Å². The molecule has 1 aliphatic heterocycles. The first-order valence-corrected chi connectivity index (χ1v) is 7.36. The Labute approximate surface area is 125 Å². The van der Waals surface area contributed by atoms with E-state index in [1.165, 1.54) is 16.7 Å². The third-order valence-corrected chi connectivity index (χ3v) is 3.98. The van der Waals surface area contributed by atoms with E-state index in [0.717, 1.165) is 24.1 Å². The van der Waals surface area contributed by atoms with Gasteiger partial charge < -0.3 is 11.1 Å². The largest absolute Gasteiger partial charge is 0.326 e. The lowest BCUT2D eigenvalue weighted by atomic mass is 9.91. The van der Waals surface area contributed by atoms with Crippen molar-refractivity contribution in [3.63, 3.8) is 0 Å². The molecule has 0 bridgehead atoms. The van der Waals surface area contributed by atoms with Crippen molar-refractivity contribution < 1.29 is 4.79 Å². The molecule has 0 saturated heterocycles. The van der Waals surface area contributed by atoms with Crippen molar-refractivity contribution in [2.45, 2.75) is 32.2 Å². The van der Waals surface area contributed by atoms with Gasteiger partial charge in [0, 0.05) is 18.2 Å². The molecule has 0 saturated carbocycles. The van der Waals surface area contributed by atoms with E-state index in [1.807, 2.05) is 18.2 Å². The number of carbonyl (C=O) groups excluding carboxylic acids is 1. The second kappa shape index (κ2) is 5.70. The molecule has 1 atom stereocenters. The second-order valence-corrected chi connectivity index (χ2v) is 5.73. The lowest BCUT2D eigenvalue weighted by Gasteiger charge is -2.24. The van der Waals surface area contributed by atoms with Crippen LogP contribution in [0.15, 0.2) is 42.5 Å². The Morgan fingerprint density at radius 3 is 2.71 bits per heavy atom. The zero-order valence-corrected chi connectivity index (χ0v) is 12.2. The van der Waals surface area contributed by atoms with Crippen LogP contribution in [0.25, 0.3) is 0 Å². The van der Waals surface area contributed by atoms with Crippen LogP contribution in [0.2, 0.25) is 0 Å². The van der Waals surface area contributed by atoms with E-state index in [-0.39, 0.29) is 11.9 Å². The number of hydrogen-bond acceptors (Lipinski definition) is 2. The quantitative estimate of drug-likeness (QED) is 0.907. The molecule has 1 heterocycles. The number of rotatable bonds is 3. The van der Waals surface area contributed by atoms with Gasteiger partial charge in [-0.05, 0) is 36.5 Å². The highest BCUT2D eigenvalue weighted by molar-refractivity contribution is 5.95. The van der Waals surface area contributed by atoms with Gasteiger partial charge in [-0.2, -0.15) is 0 Å². The first kappa shape index (κ1) is 13.8. The number of nitrogens with two attached hydrogens (primary N) is 1. The molecule has 3 heteroatoms. The van der Waals surface area contributed by atoms with Crippen molar-refractivity contribution in [2.75, 3.05) is 5.32 Å². The molecule has 3 nitrogen and oxygen atoms in total. The first-order chi connectivity index (χ1) is 10.1. The summed E-state index contributed by atoms with van der Waals surface area (Å²) >= 11 is 0. The number of nitrogens with one attached hydrogen (secondary N) is 1. The van der Waals surface area contributed by atoms with Crippen LogP contribution < -0.4 is 11.1 Å². The van der Waals surface area contributed by atoms with Crippen LogP contribution >= 0.6 is 0 Å². The van der Waals surface area contributed by atoms with Gasteiger partial charge in [-0.1, -0.05) is 48.0 Å². The van der Waals surface area contributed by atoms with E-state index in [9.17, 15) is 4.79 Å². The van der Waals surface area contributed by atoms with Crippen LogP contribution in [0.4, 0.5) is 5.69 Å². The number of amides is 1. The van der Waals surface area contributed by atoms with Crippen molar-refractivity contribution >= 4 is 11.6 Å². The summed E-state index contributed by atoms with van der Waals surface area (Å²) in [6.07, 6.45) is 2.13.